The van der Waals surface area contributed by atoms with Gasteiger partial charge in [0.05, 0.1) is 11.8 Å². The molecule has 3 rings (SSSR count). The molecule has 1 aromatic rings. The van der Waals surface area contributed by atoms with Crippen molar-refractivity contribution in [3.63, 3.8) is 0 Å². The molecule has 0 bridgehead atoms. The number of nitrogens with zero attached hydrogens (tertiary/aromatic N) is 2. The van der Waals surface area contributed by atoms with E-state index in [1.54, 1.807) is 35.0 Å². The normalized spacial score (nSPS) is 20.1. The van der Waals surface area contributed by atoms with E-state index in [1.165, 1.54) is 0 Å². The van der Waals surface area contributed by atoms with Gasteiger partial charge in [0.25, 0.3) is 5.91 Å². The summed E-state index contributed by atoms with van der Waals surface area (Å²) in [5, 5.41) is 2.91. The van der Waals surface area contributed by atoms with Crippen LogP contribution in [0.4, 0.5) is 16.2 Å². The molecule has 1 aromatic carbocycles. The molecule has 2 heterocycles. The maximum atomic E-state index is 12.5. The van der Waals surface area contributed by atoms with Crippen LogP contribution >= 0.6 is 0 Å². The number of benzene rings is 1. The average molecular weight is 347 g/mol. The second-order valence-corrected chi connectivity index (χ2v) is 6.44. The molecular weight excluding hydrogens is 322 g/mol. The molecule has 0 saturated carbocycles. The predicted octanol–water partition coefficient (Wildman–Crippen LogP) is 2.46. The van der Waals surface area contributed by atoms with E-state index in [1.807, 2.05) is 0 Å². The van der Waals surface area contributed by atoms with Gasteiger partial charge in [-0.3, -0.25) is 4.79 Å². The Labute approximate surface area is 147 Å². The highest BCUT2D eigenvalue weighted by molar-refractivity contribution is 5.99. The summed E-state index contributed by atoms with van der Waals surface area (Å²) in [4.78, 5) is 27.6. The number of carbonyl (C=O) groups is 2. The molecule has 1 atom stereocenters. The van der Waals surface area contributed by atoms with Gasteiger partial charge < -0.3 is 24.6 Å². The summed E-state index contributed by atoms with van der Waals surface area (Å²) in [6, 6.07) is 5.18. The van der Waals surface area contributed by atoms with Crippen molar-refractivity contribution in [2.24, 2.45) is 0 Å². The molecule has 0 aromatic heterocycles. The number of anilines is 2. The minimum absolute atomic E-state index is 0.0438. The fourth-order valence-corrected chi connectivity index (χ4v) is 3.10. The van der Waals surface area contributed by atoms with Gasteiger partial charge in [0.15, 0.2) is 6.61 Å². The van der Waals surface area contributed by atoms with Crippen LogP contribution in [-0.4, -0.2) is 56.3 Å². The van der Waals surface area contributed by atoms with Gasteiger partial charge in [0.1, 0.15) is 5.75 Å². The first-order valence-electron chi connectivity index (χ1n) is 8.79. The fraction of sp³-hybridized carbons (Fsp3) is 0.556. The first-order valence-corrected chi connectivity index (χ1v) is 8.79. The van der Waals surface area contributed by atoms with Crippen LogP contribution in [0.5, 0.6) is 5.75 Å². The van der Waals surface area contributed by atoms with Crippen molar-refractivity contribution in [3.8, 4) is 5.75 Å². The number of hydrogen-bond acceptors (Lipinski definition) is 4. The van der Waals surface area contributed by atoms with Gasteiger partial charge in [0.2, 0.25) is 0 Å². The lowest BCUT2D eigenvalue weighted by atomic mass is 10.1. The van der Waals surface area contributed by atoms with Gasteiger partial charge in [-0.15, -0.1) is 0 Å². The molecule has 7 heteroatoms. The summed E-state index contributed by atoms with van der Waals surface area (Å²) in [6.45, 7) is 4.19. The first kappa shape index (κ1) is 17.5. The Morgan fingerprint density at radius 2 is 2.28 bits per heavy atom. The third kappa shape index (κ3) is 4.04. The van der Waals surface area contributed by atoms with E-state index in [4.69, 9.17) is 9.47 Å². The number of fused-ring (bicyclic) bond motifs is 1. The summed E-state index contributed by atoms with van der Waals surface area (Å²) in [6.07, 6.45) is 3.02. The number of piperidine rings is 1. The van der Waals surface area contributed by atoms with Crippen molar-refractivity contribution in [2.45, 2.75) is 32.3 Å². The van der Waals surface area contributed by atoms with Gasteiger partial charge in [-0.05, 0) is 37.5 Å². The number of likely N-dealkylation sites (tertiary alicyclic amines) is 1. The number of ether oxygens (including phenoxy) is 2. The monoisotopic (exact) mass is 347 g/mol. The van der Waals surface area contributed by atoms with Crippen LogP contribution in [0.2, 0.25) is 0 Å². The second-order valence-electron chi connectivity index (χ2n) is 6.44. The maximum absolute atomic E-state index is 12.5. The van der Waals surface area contributed by atoms with E-state index in [9.17, 15) is 9.59 Å². The van der Waals surface area contributed by atoms with E-state index in [-0.39, 0.29) is 24.6 Å². The zero-order valence-corrected chi connectivity index (χ0v) is 14.8. The highest BCUT2D eigenvalue weighted by Crippen LogP contribution is 2.33. The number of hydrogen-bond donors (Lipinski definition) is 1. The average Bonchev–Trinajstić information content (AvgIpc) is 2.63. The molecule has 0 unspecified atom stereocenters. The Kier molecular flexibility index (Phi) is 5.43. The molecule has 0 radical (unpaired) electrons. The molecular formula is C18H25N3O4. The van der Waals surface area contributed by atoms with Crippen LogP contribution in [0.25, 0.3) is 0 Å². The zero-order chi connectivity index (χ0) is 17.8. The van der Waals surface area contributed by atoms with Gasteiger partial charge in [-0.1, -0.05) is 6.92 Å². The minimum atomic E-state index is -0.143. The molecule has 1 fully saturated rings. The largest absolute Gasteiger partial charge is 0.482 e. The van der Waals surface area contributed by atoms with Crippen LogP contribution in [0.1, 0.15) is 26.2 Å². The lowest BCUT2D eigenvalue weighted by Gasteiger charge is -2.33. The highest BCUT2D eigenvalue weighted by atomic mass is 16.5. The number of carbonyl (C=O) groups excluding carboxylic acids is 2. The first-order chi connectivity index (χ1) is 12.1. The van der Waals surface area contributed by atoms with Gasteiger partial charge in [0, 0.05) is 32.4 Å². The van der Waals surface area contributed by atoms with Crippen molar-refractivity contribution >= 4 is 23.3 Å². The van der Waals surface area contributed by atoms with Crippen molar-refractivity contribution in [1.82, 2.24) is 4.90 Å². The van der Waals surface area contributed by atoms with E-state index in [2.05, 4.69) is 12.2 Å². The molecule has 0 spiro atoms. The SMILES string of the molecule is CCCO[C@@H]1CCCN(C(=O)Nc2ccc3c(c2)N(C)C(=O)CO3)C1. The third-order valence-electron chi connectivity index (χ3n) is 4.52. The van der Waals surface area contributed by atoms with E-state index in [0.29, 0.717) is 23.7 Å². The lowest BCUT2D eigenvalue weighted by molar-refractivity contribution is -0.120. The molecule has 136 valence electrons. The fourth-order valence-electron chi connectivity index (χ4n) is 3.10. The molecule has 2 aliphatic heterocycles. The summed E-state index contributed by atoms with van der Waals surface area (Å²) >= 11 is 0. The molecule has 1 saturated heterocycles. The van der Waals surface area contributed by atoms with Crippen LogP contribution in [-0.2, 0) is 9.53 Å². The van der Waals surface area contributed by atoms with E-state index < -0.39 is 0 Å². The molecule has 1 N–H and O–H groups in total. The van der Waals surface area contributed by atoms with Crippen molar-refractivity contribution in [1.29, 1.82) is 0 Å². The summed E-state index contributed by atoms with van der Waals surface area (Å²) in [5.41, 5.74) is 1.31. The lowest BCUT2D eigenvalue weighted by Crippen LogP contribution is -2.45. The standard InChI is InChI=1S/C18H25N3O4/c1-3-9-24-14-5-4-8-21(11-14)18(23)19-13-6-7-16-15(10-13)20(2)17(22)12-25-16/h6-7,10,14H,3-5,8-9,11-12H2,1-2H3,(H,19,23)/t14-/m1/s1. The number of urea groups is 1. The second kappa shape index (κ2) is 7.74. The minimum Gasteiger partial charge on any atom is -0.482 e. The number of rotatable bonds is 4. The summed E-state index contributed by atoms with van der Waals surface area (Å²) in [7, 11) is 1.70. The summed E-state index contributed by atoms with van der Waals surface area (Å²) in [5.74, 6) is 0.536. The quantitative estimate of drug-likeness (QED) is 0.908. The van der Waals surface area contributed by atoms with Crippen molar-refractivity contribution in [3.05, 3.63) is 18.2 Å². The zero-order valence-electron chi connectivity index (χ0n) is 14.8. The van der Waals surface area contributed by atoms with E-state index in [0.717, 1.165) is 32.4 Å². The molecule has 2 aliphatic rings. The van der Waals surface area contributed by atoms with E-state index >= 15 is 0 Å². The Balaban J connectivity index is 1.64. The van der Waals surface area contributed by atoms with Gasteiger partial charge in [-0.2, -0.15) is 0 Å². The van der Waals surface area contributed by atoms with Crippen LogP contribution in [0.15, 0.2) is 18.2 Å². The van der Waals surface area contributed by atoms with Crippen LogP contribution in [0.3, 0.4) is 0 Å². The maximum Gasteiger partial charge on any atom is 0.321 e. The predicted molar refractivity (Wildman–Crippen MR) is 95.2 cm³/mol. The van der Waals surface area contributed by atoms with Crippen LogP contribution in [0, 0.1) is 0 Å². The number of likely N-dealkylation sites (N-methyl/N-ethyl adjacent to an activating group) is 1. The number of amides is 3. The van der Waals surface area contributed by atoms with Crippen LogP contribution < -0.4 is 15.0 Å². The Morgan fingerprint density at radius 3 is 3.08 bits per heavy atom. The molecule has 25 heavy (non-hydrogen) atoms. The Morgan fingerprint density at radius 1 is 1.44 bits per heavy atom. The third-order valence-corrected chi connectivity index (χ3v) is 4.52. The van der Waals surface area contributed by atoms with Crippen molar-refractivity contribution < 1.29 is 19.1 Å². The summed E-state index contributed by atoms with van der Waals surface area (Å²) < 4.78 is 11.2. The molecule has 7 nitrogen and oxygen atoms in total. The van der Waals surface area contributed by atoms with Gasteiger partial charge in [-0.25, -0.2) is 4.79 Å². The van der Waals surface area contributed by atoms with Gasteiger partial charge >= 0.3 is 6.03 Å². The number of nitrogens with one attached hydrogen (secondary N) is 1. The molecule has 0 aliphatic carbocycles. The smallest absolute Gasteiger partial charge is 0.321 e. The Bertz CT molecular complexity index is 649. The topological polar surface area (TPSA) is 71.1 Å². The highest BCUT2D eigenvalue weighted by Gasteiger charge is 2.25. The van der Waals surface area contributed by atoms with Crippen molar-refractivity contribution in [2.75, 3.05) is 43.6 Å². The molecule has 3 amide bonds. The Hall–Kier alpha value is -2.28.